The molecule has 0 radical (unpaired) electrons. The summed E-state index contributed by atoms with van der Waals surface area (Å²) >= 11 is 1.53. The highest BCUT2D eigenvalue weighted by Crippen LogP contribution is 2.25. The molecule has 22 heavy (non-hydrogen) atoms. The van der Waals surface area contributed by atoms with Gasteiger partial charge in [-0.2, -0.15) is 16.4 Å². The molecule has 116 valence electrons. The molecule has 4 rings (SSSR count). The van der Waals surface area contributed by atoms with Gasteiger partial charge in [0.15, 0.2) is 0 Å². The monoisotopic (exact) mass is 319 g/mol. The number of aromatic nitrogens is 2. The van der Waals surface area contributed by atoms with Crippen LogP contribution in [-0.2, 0) is 9.47 Å². The smallest absolute Gasteiger partial charge is 0.254 e. The van der Waals surface area contributed by atoms with Crippen LogP contribution in [-0.4, -0.2) is 59.1 Å². The molecule has 6 nitrogen and oxygen atoms in total. The number of hydrogen-bond acceptors (Lipinski definition) is 5. The lowest BCUT2D eigenvalue weighted by Gasteiger charge is -2.18. The molecular formula is C15H17N3O3S. The van der Waals surface area contributed by atoms with Gasteiger partial charge in [0.05, 0.1) is 24.8 Å². The van der Waals surface area contributed by atoms with E-state index in [2.05, 4.69) is 5.10 Å². The molecule has 4 heterocycles. The molecule has 2 aliphatic rings. The molecule has 0 bridgehead atoms. The summed E-state index contributed by atoms with van der Waals surface area (Å²) in [7, 11) is 0. The Labute approximate surface area is 132 Å². The Morgan fingerprint density at radius 3 is 2.64 bits per heavy atom. The molecule has 2 aromatic heterocycles. The highest BCUT2D eigenvalue weighted by atomic mass is 32.1. The van der Waals surface area contributed by atoms with Crippen molar-refractivity contribution in [3.05, 3.63) is 40.8 Å². The predicted octanol–water partition coefficient (Wildman–Crippen LogP) is 1.43. The maximum absolute atomic E-state index is 12.4. The second kappa shape index (κ2) is 5.83. The number of rotatable bonds is 2. The van der Waals surface area contributed by atoms with Crippen molar-refractivity contribution < 1.29 is 14.3 Å². The fourth-order valence-electron chi connectivity index (χ4n) is 2.97. The Bertz CT molecular complexity index is 613. The van der Waals surface area contributed by atoms with E-state index >= 15 is 0 Å². The van der Waals surface area contributed by atoms with Gasteiger partial charge in [-0.1, -0.05) is 0 Å². The topological polar surface area (TPSA) is 56.6 Å². The van der Waals surface area contributed by atoms with Gasteiger partial charge >= 0.3 is 0 Å². The average molecular weight is 319 g/mol. The van der Waals surface area contributed by atoms with Gasteiger partial charge in [0.25, 0.3) is 5.91 Å². The summed E-state index contributed by atoms with van der Waals surface area (Å²) in [5.41, 5.74) is 0.746. The van der Waals surface area contributed by atoms with E-state index in [1.807, 2.05) is 38.7 Å². The number of amides is 1. The largest absolute Gasteiger partial charge is 0.371 e. The number of nitrogens with zero attached hydrogens (tertiary/aromatic N) is 3. The van der Waals surface area contributed by atoms with Crippen molar-refractivity contribution in [2.24, 2.45) is 0 Å². The van der Waals surface area contributed by atoms with Crippen molar-refractivity contribution in [3.63, 3.8) is 0 Å². The van der Waals surface area contributed by atoms with Crippen molar-refractivity contribution in [1.82, 2.24) is 14.7 Å². The standard InChI is InChI=1S/C15H17N3O3S/c19-15(11-2-5-22-10-11)17-6-13-14(7-17)21-9-12(8-20-13)18-4-1-3-16-18/h1-5,10,12-14H,6-9H2/t13-,14-/m0/s1. The van der Waals surface area contributed by atoms with Gasteiger partial charge in [-0.05, 0) is 17.5 Å². The molecule has 2 fully saturated rings. The quantitative estimate of drug-likeness (QED) is 0.840. The van der Waals surface area contributed by atoms with E-state index in [1.165, 1.54) is 11.3 Å². The summed E-state index contributed by atoms with van der Waals surface area (Å²) in [6.07, 6.45) is 3.57. The number of ether oxygens (including phenoxy) is 2. The van der Waals surface area contributed by atoms with Crippen LogP contribution in [0.5, 0.6) is 0 Å². The fraction of sp³-hybridized carbons (Fsp3) is 0.467. The third-order valence-electron chi connectivity index (χ3n) is 4.18. The Kier molecular flexibility index (Phi) is 3.69. The molecular weight excluding hydrogens is 302 g/mol. The first kappa shape index (κ1) is 13.9. The number of carbonyl (C=O) groups excluding carboxylic acids is 1. The molecule has 2 atom stereocenters. The molecule has 1 amide bonds. The van der Waals surface area contributed by atoms with Gasteiger partial charge in [-0.3, -0.25) is 9.48 Å². The molecule has 0 spiro atoms. The van der Waals surface area contributed by atoms with Crippen molar-refractivity contribution >= 4 is 17.2 Å². The van der Waals surface area contributed by atoms with E-state index in [4.69, 9.17) is 9.47 Å². The van der Waals surface area contributed by atoms with E-state index in [-0.39, 0.29) is 24.2 Å². The second-order valence-electron chi connectivity index (χ2n) is 5.61. The normalized spacial score (nSPS) is 25.9. The third-order valence-corrected chi connectivity index (χ3v) is 4.86. The Balaban J connectivity index is 1.41. The summed E-state index contributed by atoms with van der Waals surface area (Å²) in [5.74, 6) is 0.0603. The van der Waals surface area contributed by atoms with Crippen LogP contribution in [0.4, 0.5) is 0 Å². The average Bonchev–Trinajstić information content (AvgIpc) is 3.27. The van der Waals surface area contributed by atoms with Crippen LogP contribution >= 0.6 is 11.3 Å². The summed E-state index contributed by atoms with van der Waals surface area (Å²) in [6.45, 7) is 2.29. The van der Waals surface area contributed by atoms with Crippen molar-refractivity contribution in [3.8, 4) is 0 Å². The predicted molar refractivity (Wildman–Crippen MR) is 81.0 cm³/mol. The van der Waals surface area contributed by atoms with Crippen LogP contribution in [0.2, 0.25) is 0 Å². The minimum atomic E-state index is -0.0526. The summed E-state index contributed by atoms with van der Waals surface area (Å²) in [6, 6.07) is 3.85. The number of likely N-dealkylation sites (tertiary alicyclic amines) is 1. The fourth-order valence-corrected chi connectivity index (χ4v) is 3.60. The first-order valence-corrected chi connectivity index (χ1v) is 8.29. The van der Waals surface area contributed by atoms with Crippen molar-refractivity contribution in [1.29, 1.82) is 0 Å². The zero-order chi connectivity index (χ0) is 14.9. The number of thiophene rings is 1. The Morgan fingerprint density at radius 2 is 2.05 bits per heavy atom. The summed E-state index contributed by atoms with van der Waals surface area (Å²) in [4.78, 5) is 14.2. The molecule has 2 aliphatic heterocycles. The van der Waals surface area contributed by atoms with E-state index in [0.717, 1.165) is 5.56 Å². The molecule has 0 N–H and O–H groups in total. The molecule has 2 aromatic rings. The molecule has 0 aliphatic carbocycles. The van der Waals surface area contributed by atoms with Gasteiger partial charge in [0.2, 0.25) is 0 Å². The Morgan fingerprint density at radius 1 is 1.27 bits per heavy atom. The zero-order valence-corrected chi connectivity index (χ0v) is 12.8. The lowest BCUT2D eigenvalue weighted by molar-refractivity contribution is -0.00461. The van der Waals surface area contributed by atoms with Gasteiger partial charge < -0.3 is 14.4 Å². The minimum Gasteiger partial charge on any atom is -0.371 e. The van der Waals surface area contributed by atoms with Crippen molar-refractivity contribution in [2.75, 3.05) is 26.3 Å². The van der Waals surface area contributed by atoms with Crippen LogP contribution < -0.4 is 0 Å². The molecule has 2 saturated heterocycles. The van der Waals surface area contributed by atoms with Crippen LogP contribution in [0.25, 0.3) is 0 Å². The second-order valence-corrected chi connectivity index (χ2v) is 6.39. The van der Waals surface area contributed by atoms with E-state index in [9.17, 15) is 4.79 Å². The minimum absolute atomic E-state index is 0.0526. The van der Waals surface area contributed by atoms with Gasteiger partial charge in [-0.25, -0.2) is 0 Å². The number of fused-ring (bicyclic) bond motifs is 1. The zero-order valence-electron chi connectivity index (χ0n) is 12.0. The lowest BCUT2D eigenvalue weighted by Crippen LogP contribution is -2.31. The van der Waals surface area contributed by atoms with Gasteiger partial charge in [0, 0.05) is 30.9 Å². The van der Waals surface area contributed by atoms with Gasteiger partial charge in [0.1, 0.15) is 12.2 Å². The van der Waals surface area contributed by atoms with E-state index in [1.54, 1.807) is 6.20 Å². The number of carbonyl (C=O) groups is 1. The molecule has 7 heteroatoms. The van der Waals surface area contributed by atoms with E-state index < -0.39 is 0 Å². The van der Waals surface area contributed by atoms with Gasteiger partial charge in [-0.15, -0.1) is 0 Å². The maximum atomic E-state index is 12.4. The van der Waals surface area contributed by atoms with Crippen molar-refractivity contribution in [2.45, 2.75) is 18.2 Å². The van der Waals surface area contributed by atoms with Crippen LogP contribution in [0.3, 0.4) is 0 Å². The number of hydrogen-bond donors (Lipinski definition) is 0. The van der Waals surface area contributed by atoms with Crippen LogP contribution in [0.1, 0.15) is 16.4 Å². The van der Waals surface area contributed by atoms with Crippen LogP contribution in [0.15, 0.2) is 35.3 Å². The first-order valence-electron chi connectivity index (χ1n) is 7.35. The first-order chi connectivity index (χ1) is 10.8. The Hall–Kier alpha value is -1.70. The maximum Gasteiger partial charge on any atom is 0.254 e. The lowest BCUT2D eigenvalue weighted by atomic mass is 10.3. The third kappa shape index (κ3) is 2.55. The highest BCUT2D eigenvalue weighted by Gasteiger charge is 2.39. The highest BCUT2D eigenvalue weighted by molar-refractivity contribution is 7.08. The molecule has 0 unspecified atom stereocenters. The molecule has 0 saturated carbocycles. The summed E-state index contributed by atoms with van der Waals surface area (Å²) < 4.78 is 13.8. The summed E-state index contributed by atoms with van der Waals surface area (Å²) in [5, 5.41) is 8.05. The SMILES string of the molecule is O=C(c1ccsc1)N1C[C@@H]2OCC(n3cccn3)CO[C@H]2C1. The van der Waals surface area contributed by atoms with E-state index in [0.29, 0.717) is 26.3 Å². The molecule has 0 aromatic carbocycles. The van der Waals surface area contributed by atoms with Crippen LogP contribution in [0, 0.1) is 0 Å².